The summed E-state index contributed by atoms with van der Waals surface area (Å²) in [4.78, 5) is 11.3. The summed E-state index contributed by atoms with van der Waals surface area (Å²) in [5.74, 6) is -1.86. The summed E-state index contributed by atoms with van der Waals surface area (Å²) in [6.07, 6.45) is 0.447. The first kappa shape index (κ1) is 17.0. The number of hydrogen-bond acceptors (Lipinski definition) is 5. The number of benzene rings is 1. The molecule has 9 heteroatoms. The lowest BCUT2D eigenvalue weighted by Crippen LogP contribution is -2.16. The molecule has 0 saturated heterocycles. The number of nitrogens with two attached hydrogens (primary N) is 1. The van der Waals surface area contributed by atoms with Crippen molar-refractivity contribution in [1.29, 1.82) is 0 Å². The molecular formula is C11H13BrFNO5S. The molecule has 112 valence electrons. The smallest absolute Gasteiger partial charge is 0.341 e. The van der Waals surface area contributed by atoms with Gasteiger partial charge >= 0.3 is 5.97 Å². The van der Waals surface area contributed by atoms with Crippen molar-refractivity contribution in [3.63, 3.8) is 0 Å². The van der Waals surface area contributed by atoms with E-state index in [0.717, 1.165) is 12.1 Å². The highest BCUT2D eigenvalue weighted by Gasteiger charge is 2.21. The first-order valence-corrected chi connectivity index (χ1v) is 7.79. The second-order valence-electron chi connectivity index (χ2n) is 3.79. The Labute approximate surface area is 124 Å². The molecule has 6 nitrogen and oxygen atoms in total. The van der Waals surface area contributed by atoms with Crippen LogP contribution in [0.2, 0.25) is 0 Å². The molecule has 0 aliphatic carbocycles. The molecule has 2 N–H and O–H groups in total. The van der Waals surface area contributed by atoms with E-state index < -0.39 is 27.4 Å². The summed E-state index contributed by atoms with van der Waals surface area (Å²) in [6.45, 7) is 0.422. The summed E-state index contributed by atoms with van der Waals surface area (Å²) in [6, 6.07) is 1.69. The minimum atomic E-state index is -4.08. The van der Waals surface area contributed by atoms with Crippen molar-refractivity contribution in [2.24, 2.45) is 5.14 Å². The van der Waals surface area contributed by atoms with E-state index in [0.29, 0.717) is 13.0 Å². The number of carbonyl (C=O) groups excluding carboxylic acids is 1. The lowest BCUT2D eigenvalue weighted by Gasteiger charge is -2.08. The summed E-state index contributed by atoms with van der Waals surface area (Å²) in [5.41, 5.74) is -0.491. The number of methoxy groups -OCH3 is 1. The van der Waals surface area contributed by atoms with Gasteiger partial charge in [0.2, 0.25) is 10.0 Å². The van der Waals surface area contributed by atoms with Crippen LogP contribution in [0.15, 0.2) is 21.5 Å². The van der Waals surface area contributed by atoms with E-state index in [1.54, 1.807) is 0 Å². The van der Waals surface area contributed by atoms with E-state index in [-0.39, 0.29) is 16.0 Å². The molecule has 0 aromatic heterocycles. The molecule has 1 rings (SSSR count). The highest BCUT2D eigenvalue weighted by Crippen LogP contribution is 2.25. The third-order valence-corrected chi connectivity index (χ3v) is 4.14. The first-order valence-electron chi connectivity index (χ1n) is 5.45. The maximum atomic E-state index is 13.7. The number of carbonyl (C=O) groups is 1. The molecule has 0 radical (unpaired) electrons. The van der Waals surface area contributed by atoms with Crippen molar-refractivity contribution in [3.8, 4) is 0 Å². The van der Waals surface area contributed by atoms with Gasteiger partial charge < -0.3 is 9.47 Å². The Balaban J connectivity index is 2.98. The molecule has 0 heterocycles. The largest absolute Gasteiger partial charge is 0.462 e. The van der Waals surface area contributed by atoms with E-state index in [9.17, 15) is 17.6 Å². The zero-order chi connectivity index (χ0) is 15.3. The fraction of sp³-hybridized carbons (Fsp3) is 0.364. The topological polar surface area (TPSA) is 95.7 Å². The quantitative estimate of drug-likeness (QED) is 0.604. The first-order chi connectivity index (χ1) is 9.27. The maximum absolute atomic E-state index is 13.7. The summed E-state index contributed by atoms with van der Waals surface area (Å²) >= 11 is 2.87. The molecule has 0 atom stereocenters. The van der Waals surface area contributed by atoms with Crippen LogP contribution >= 0.6 is 15.9 Å². The van der Waals surface area contributed by atoms with Gasteiger partial charge in [0.25, 0.3) is 0 Å². The van der Waals surface area contributed by atoms with Crippen molar-refractivity contribution in [3.05, 3.63) is 28.0 Å². The lowest BCUT2D eigenvalue weighted by atomic mass is 10.2. The van der Waals surface area contributed by atoms with Crippen molar-refractivity contribution in [2.45, 2.75) is 11.3 Å². The van der Waals surface area contributed by atoms with Gasteiger partial charge in [-0.25, -0.2) is 22.7 Å². The van der Waals surface area contributed by atoms with E-state index >= 15 is 0 Å². The standard InChI is InChI=1S/C11H13BrFNO5S/c1-18-3-2-4-19-11(15)7-5-10(20(14,16)17)8(12)6-9(7)13/h5-6H,2-4H2,1H3,(H2,14,16,17). The Morgan fingerprint density at radius 2 is 2.05 bits per heavy atom. The van der Waals surface area contributed by atoms with Crippen LogP contribution < -0.4 is 5.14 Å². The Morgan fingerprint density at radius 1 is 1.40 bits per heavy atom. The number of sulfonamides is 1. The number of esters is 1. The van der Waals surface area contributed by atoms with E-state index in [4.69, 9.17) is 14.6 Å². The Bertz CT molecular complexity index is 605. The molecule has 0 saturated carbocycles. The molecule has 0 spiro atoms. The van der Waals surface area contributed by atoms with Gasteiger partial charge in [0.1, 0.15) is 5.82 Å². The van der Waals surface area contributed by atoms with E-state index in [2.05, 4.69) is 15.9 Å². The molecule has 0 bridgehead atoms. The Kier molecular flexibility index (Phi) is 6.06. The van der Waals surface area contributed by atoms with Crippen LogP contribution in [0.25, 0.3) is 0 Å². The van der Waals surface area contributed by atoms with E-state index in [1.807, 2.05) is 0 Å². The monoisotopic (exact) mass is 369 g/mol. The van der Waals surface area contributed by atoms with Gasteiger partial charge in [0.15, 0.2) is 0 Å². The van der Waals surface area contributed by atoms with Gasteiger partial charge in [-0.15, -0.1) is 0 Å². The van der Waals surface area contributed by atoms with Gasteiger partial charge in [-0.05, 0) is 28.1 Å². The molecule has 0 fully saturated rings. The van der Waals surface area contributed by atoms with Gasteiger partial charge in [-0.2, -0.15) is 0 Å². The molecule has 20 heavy (non-hydrogen) atoms. The Hall–Kier alpha value is -1.03. The van der Waals surface area contributed by atoms with Crippen molar-refractivity contribution in [2.75, 3.05) is 20.3 Å². The summed E-state index contributed by atoms with van der Waals surface area (Å²) in [5, 5.41) is 4.97. The molecular weight excluding hydrogens is 357 g/mol. The Morgan fingerprint density at radius 3 is 2.60 bits per heavy atom. The second-order valence-corrected chi connectivity index (χ2v) is 6.17. The maximum Gasteiger partial charge on any atom is 0.341 e. The molecule has 0 amide bonds. The fourth-order valence-electron chi connectivity index (χ4n) is 1.35. The third kappa shape index (κ3) is 4.51. The zero-order valence-electron chi connectivity index (χ0n) is 10.6. The van der Waals surface area contributed by atoms with Crippen LogP contribution in [0.3, 0.4) is 0 Å². The average Bonchev–Trinajstić information content (AvgIpc) is 2.32. The van der Waals surface area contributed by atoms with Crippen molar-refractivity contribution < 1.29 is 27.1 Å². The predicted molar refractivity (Wildman–Crippen MR) is 72.2 cm³/mol. The molecule has 0 unspecified atom stereocenters. The zero-order valence-corrected chi connectivity index (χ0v) is 13.0. The minimum Gasteiger partial charge on any atom is -0.462 e. The summed E-state index contributed by atoms with van der Waals surface area (Å²) < 4.78 is 45.8. The predicted octanol–water partition coefficient (Wildman–Crippen LogP) is 1.43. The lowest BCUT2D eigenvalue weighted by molar-refractivity contribution is 0.0463. The molecule has 1 aromatic carbocycles. The number of hydrogen-bond donors (Lipinski definition) is 1. The highest BCUT2D eigenvalue weighted by molar-refractivity contribution is 9.10. The van der Waals surface area contributed by atoms with Gasteiger partial charge in [-0.3, -0.25) is 0 Å². The van der Waals surface area contributed by atoms with Crippen LogP contribution in [0.4, 0.5) is 4.39 Å². The average molecular weight is 370 g/mol. The molecule has 1 aromatic rings. The second kappa shape index (κ2) is 7.11. The highest BCUT2D eigenvalue weighted by atomic mass is 79.9. The van der Waals surface area contributed by atoms with Gasteiger partial charge in [0.05, 0.1) is 17.1 Å². The van der Waals surface area contributed by atoms with E-state index in [1.165, 1.54) is 7.11 Å². The van der Waals surface area contributed by atoms with Gasteiger partial charge in [0, 0.05) is 24.6 Å². The number of rotatable bonds is 6. The van der Waals surface area contributed by atoms with Crippen molar-refractivity contribution in [1.82, 2.24) is 0 Å². The van der Waals surface area contributed by atoms with Crippen molar-refractivity contribution >= 4 is 31.9 Å². The van der Waals surface area contributed by atoms with Crippen LogP contribution in [-0.2, 0) is 19.5 Å². The summed E-state index contributed by atoms with van der Waals surface area (Å²) in [7, 11) is -2.58. The number of halogens is 2. The van der Waals surface area contributed by atoms with Crippen LogP contribution in [0, 0.1) is 5.82 Å². The van der Waals surface area contributed by atoms with Crippen LogP contribution in [0.1, 0.15) is 16.8 Å². The fourth-order valence-corrected chi connectivity index (χ4v) is 2.95. The van der Waals surface area contributed by atoms with Crippen LogP contribution in [0.5, 0.6) is 0 Å². The minimum absolute atomic E-state index is 0.0346. The number of primary sulfonamides is 1. The normalized spacial score (nSPS) is 11.4. The van der Waals surface area contributed by atoms with Crippen LogP contribution in [-0.4, -0.2) is 34.7 Å². The number of ether oxygens (including phenoxy) is 2. The molecule has 0 aliphatic heterocycles. The third-order valence-electron chi connectivity index (χ3n) is 2.27. The SMILES string of the molecule is COCCCOC(=O)c1cc(S(N)(=O)=O)c(Br)cc1F. The molecule has 0 aliphatic rings. The van der Waals surface area contributed by atoms with Gasteiger partial charge in [-0.1, -0.05) is 0 Å².